The molecule has 132 valence electrons. The van der Waals surface area contributed by atoms with E-state index in [1.807, 2.05) is 72.8 Å². The highest BCUT2D eigenvalue weighted by Gasteiger charge is 2.19. The summed E-state index contributed by atoms with van der Waals surface area (Å²) >= 11 is 6.18. The Labute approximate surface area is 161 Å². The molecule has 4 rings (SSSR count). The first-order valence-electron chi connectivity index (χ1n) is 8.47. The highest BCUT2D eigenvalue weighted by Crippen LogP contribution is 2.34. The van der Waals surface area contributed by atoms with Crippen LogP contribution in [-0.4, -0.2) is 17.1 Å². The van der Waals surface area contributed by atoms with Crippen molar-refractivity contribution in [2.45, 2.75) is 0 Å². The zero-order valence-electron chi connectivity index (χ0n) is 14.3. The highest BCUT2D eigenvalue weighted by molar-refractivity contribution is 6.31. The Bertz CT molecular complexity index is 1120. The van der Waals surface area contributed by atoms with E-state index >= 15 is 0 Å². The minimum absolute atomic E-state index is 0.312. The zero-order valence-corrected chi connectivity index (χ0v) is 15.1. The van der Waals surface area contributed by atoms with Crippen molar-refractivity contribution in [3.8, 4) is 11.1 Å². The van der Waals surface area contributed by atoms with Gasteiger partial charge in [-0.05, 0) is 29.3 Å². The molecule has 1 amide bonds. The molecule has 0 bridgehead atoms. The lowest BCUT2D eigenvalue weighted by atomic mass is 10.0. The molecule has 0 unspecified atom stereocenters. The van der Waals surface area contributed by atoms with Gasteiger partial charge in [-0.2, -0.15) is 5.10 Å². The molecule has 0 saturated carbocycles. The van der Waals surface area contributed by atoms with Gasteiger partial charge >= 0.3 is 0 Å². The van der Waals surface area contributed by atoms with Gasteiger partial charge in [0.1, 0.15) is 5.69 Å². The van der Waals surface area contributed by atoms with Gasteiger partial charge in [0.25, 0.3) is 5.91 Å². The summed E-state index contributed by atoms with van der Waals surface area (Å²) in [5, 5.41) is 5.58. The molecule has 1 heterocycles. The van der Waals surface area contributed by atoms with Crippen molar-refractivity contribution < 1.29 is 4.79 Å². The predicted molar refractivity (Wildman–Crippen MR) is 110 cm³/mol. The van der Waals surface area contributed by atoms with Gasteiger partial charge in [-0.15, -0.1) is 0 Å². The molecule has 0 radical (unpaired) electrons. The number of benzene rings is 3. The lowest BCUT2D eigenvalue weighted by molar-refractivity contribution is 0.0951. The van der Waals surface area contributed by atoms with E-state index in [1.54, 1.807) is 12.3 Å². The maximum Gasteiger partial charge on any atom is 0.288 e. The Morgan fingerprint density at radius 1 is 0.963 bits per heavy atom. The van der Waals surface area contributed by atoms with Crippen molar-refractivity contribution in [2.24, 2.45) is 5.10 Å². The number of hydrazone groups is 1. The summed E-state index contributed by atoms with van der Waals surface area (Å²) in [7, 11) is 0. The van der Waals surface area contributed by atoms with Crippen LogP contribution in [0.2, 0.25) is 5.02 Å². The second-order valence-corrected chi connectivity index (χ2v) is 6.48. The van der Waals surface area contributed by atoms with Gasteiger partial charge < -0.3 is 4.98 Å². The molecule has 4 nitrogen and oxygen atoms in total. The average Bonchev–Trinajstić information content (AvgIpc) is 3.08. The fourth-order valence-electron chi connectivity index (χ4n) is 3.00. The molecule has 1 aromatic heterocycles. The summed E-state index contributed by atoms with van der Waals surface area (Å²) in [5.41, 5.74) is 6.54. The van der Waals surface area contributed by atoms with Crippen molar-refractivity contribution in [3.63, 3.8) is 0 Å². The Morgan fingerprint density at radius 2 is 1.67 bits per heavy atom. The topological polar surface area (TPSA) is 57.2 Å². The van der Waals surface area contributed by atoms with Gasteiger partial charge in [-0.25, -0.2) is 5.43 Å². The van der Waals surface area contributed by atoms with Crippen LogP contribution in [0, 0.1) is 0 Å². The molecule has 4 aromatic rings. The highest BCUT2D eigenvalue weighted by atomic mass is 35.5. The fraction of sp³-hybridized carbons (Fsp3) is 0. The van der Waals surface area contributed by atoms with Crippen LogP contribution in [0.15, 0.2) is 84.0 Å². The molecule has 0 aliphatic carbocycles. The number of nitrogens with zero attached hydrogens (tertiary/aromatic N) is 1. The summed E-state index contributed by atoms with van der Waals surface area (Å²) in [6.07, 6.45) is 1.61. The molecule has 0 spiro atoms. The molecule has 3 aromatic carbocycles. The maximum atomic E-state index is 12.8. The minimum atomic E-state index is -0.312. The third kappa shape index (κ3) is 3.61. The van der Waals surface area contributed by atoms with Gasteiger partial charge in [0, 0.05) is 21.5 Å². The van der Waals surface area contributed by atoms with Gasteiger partial charge in [-0.1, -0.05) is 72.3 Å². The first-order chi connectivity index (χ1) is 13.2. The number of carbonyl (C=O) groups is 1. The second kappa shape index (κ2) is 7.48. The third-order valence-electron chi connectivity index (χ3n) is 4.23. The summed E-state index contributed by atoms with van der Waals surface area (Å²) in [6, 6.07) is 24.9. The molecule has 5 heteroatoms. The molecular weight excluding hydrogens is 358 g/mol. The van der Waals surface area contributed by atoms with Crippen molar-refractivity contribution in [1.82, 2.24) is 10.4 Å². The monoisotopic (exact) mass is 373 g/mol. The fourth-order valence-corrected chi connectivity index (χ4v) is 3.17. The van der Waals surface area contributed by atoms with E-state index in [9.17, 15) is 4.79 Å². The molecule has 0 saturated heterocycles. The lowest BCUT2D eigenvalue weighted by Gasteiger charge is -2.04. The Balaban J connectivity index is 1.72. The average molecular weight is 374 g/mol. The number of hydrogen-bond donors (Lipinski definition) is 2. The molecular formula is C22H16ClN3O. The quantitative estimate of drug-likeness (QED) is 0.372. The van der Waals surface area contributed by atoms with Crippen molar-refractivity contribution >= 4 is 34.6 Å². The summed E-state index contributed by atoms with van der Waals surface area (Å²) < 4.78 is 0. The van der Waals surface area contributed by atoms with Gasteiger partial charge in [0.2, 0.25) is 0 Å². The molecule has 0 atom stereocenters. The van der Waals surface area contributed by atoms with E-state index < -0.39 is 0 Å². The summed E-state index contributed by atoms with van der Waals surface area (Å²) in [5.74, 6) is -0.312. The largest absolute Gasteiger partial charge is 0.350 e. The first kappa shape index (κ1) is 17.1. The molecule has 2 N–H and O–H groups in total. The minimum Gasteiger partial charge on any atom is -0.350 e. The van der Waals surface area contributed by atoms with E-state index in [2.05, 4.69) is 15.5 Å². The van der Waals surface area contributed by atoms with Crippen molar-refractivity contribution in [3.05, 3.63) is 95.1 Å². The zero-order chi connectivity index (χ0) is 18.6. The number of halogens is 1. The van der Waals surface area contributed by atoms with Crippen LogP contribution in [0.25, 0.3) is 22.0 Å². The van der Waals surface area contributed by atoms with Gasteiger partial charge in [0.05, 0.1) is 6.21 Å². The molecule has 0 aliphatic heterocycles. The molecule has 0 fully saturated rings. The standard InChI is InChI=1S/C22H16ClN3O/c23-17-11-12-19-18(13-17)20(16-9-5-2-6-10-16)21(25-19)22(27)26-24-14-15-7-3-1-4-8-15/h1-14,25H,(H,26,27). The molecule has 27 heavy (non-hydrogen) atoms. The van der Waals surface area contributed by atoms with E-state index in [-0.39, 0.29) is 5.91 Å². The smallest absolute Gasteiger partial charge is 0.288 e. The van der Waals surface area contributed by atoms with Crippen LogP contribution in [-0.2, 0) is 0 Å². The maximum absolute atomic E-state index is 12.8. The number of fused-ring (bicyclic) bond motifs is 1. The number of aromatic amines is 1. The number of rotatable bonds is 4. The lowest BCUT2D eigenvalue weighted by Crippen LogP contribution is -2.18. The SMILES string of the molecule is O=C(NN=Cc1ccccc1)c1[nH]c2ccc(Cl)cc2c1-c1ccccc1. The number of nitrogens with one attached hydrogen (secondary N) is 2. The number of H-pyrrole nitrogens is 1. The number of aromatic nitrogens is 1. The number of hydrogen-bond acceptors (Lipinski definition) is 2. The second-order valence-electron chi connectivity index (χ2n) is 6.04. The van der Waals surface area contributed by atoms with Crippen LogP contribution in [0.4, 0.5) is 0 Å². The van der Waals surface area contributed by atoms with E-state index in [1.165, 1.54) is 0 Å². The van der Waals surface area contributed by atoms with Crippen molar-refractivity contribution in [2.75, 3.05) is 0 Å². The predicted octanol–water partition coefficient (Wildman–Crippen LogP) is 5.25. The Hall–Kier alpha value is -3.37. The van der Waals surface area contributed by atoms with E-state index in [0.29, 0.717) is 10.7 Å². The Kier molecular flexibility index (Phi) is 4.73. The third-order valence-corrected chi connectivity index (χ3v) is 4.46. The van der Waals surface area contributed by atoms with Crippen LogP contribution in [0.1, 0.15) is 16.1 Å². The van der Waals surface area contributed by atoms with Crippen LogP contribution < -0.4 is 5.43 Å². The number of amides is 1. The van der Waals surface area contributed by atoms with E-state index in [4.69, 9.17) is 11.6 Å². The normalized spacial score (nSPS) is 11.1. The van der Waals surface area contributed by atoms with E-state index in [0.717, 1.165) is 27.6 Å². The number of carbonyl (C=O) groups excluding carboxylic acids is 1. The Morgan fingerprint density at radius 3 is 2.41 bits per heavy atom. The summed E-state index contributed by atoms with van der Waals surface area (Å²) in [4.78, 5) is 16.0. The van der Waals surface area contributed by atoms with Crippen LogP contribution >= 0.6 is 11.6 Å². The molecule has 0 aliphatic rings. The van der Waals surface area contributed by atoms with Gasteiger partial charge in [0.15, 0.2) is 0 Å². The first-order valence-corrected chi connectivity index (χ1v) is 8.85. The van der Waals surface area contributed by atoms with Gasteiger partial charge in [-0.3, -0.25) is 4.79 Å². The van der Waals surface area contributed by atoms with Crippen molar-refractivity contribution in [1.29, 1.82) is 0 Å². The summed E-state index contributed by atoms with van der Waals surface area (Å²) in [6.45, 7) is 0. The van der Waals surface area contributed by atoms with Crippen LogP contribution in [0.5, 0.6) is 0 Å². The van der Waals surface area contributed by atoms with Crippen LogP contribution in [0.3, 0.4) is 0 Å².